The molecule has 3 aromatic heterocycles. The number of rotatable bonds is 9. The molecule has 2 N–H and O–H groups in total. The first-order chi connectivity index (χ1) is 17.3. The Morgan fingerprint density at radius 1 is 1.11 bits per heavy atom. The van der Waals surface area contributed by atoms with E-state index in [4.69, 9.17) is 10.7 Å². The first kappa shape index (κ1) is 25.0. The van der Waals surface area contributed by atoms with Crippen molar-refractivity contribution in [2.24, 2.45) is 5.73 Å². The number of carbonyl (C=O) groups is 1. The van der Waals surface area contributed by atoms with Gasteiger partial charge in [0.15, 0.2) is 5.82 Å². The minimum atomic E-state index is -0.693. The van der Waals surface area contributed by atoms with Gasteiger partial charge in [0.25, 0.3) is 5.95 Å². The molecule has 0 unspecified atom stereocenters. The molecule has 0 aliphatic heterocycles. The van der Waals surface area contributed by atoms with Crippen LogP contribution in [-0.4, -0.2) is 40.8 Å². The number of hydrogen-bond acceptors (Lipinski definition) is 7. The van der Waals surface area contributed by atoms with Gasteiger partial charge in [0.2, 0.25) is 5.91 Å². The highest BCUT2D eigenvalue weighted by Crippen LogP contribution is 2.36. The monoisotopic (exact) mass is 492 g/mol. The van der Waals surface area contributed by atoms with E-state index in [2.05, 4.69) is 25.3 Å². The number of amides is 1. The van der Waals surface area contributed by atoms with Crippen molar-refractivity contribution in [3.63, 3.8) is 0 Å². The molecule has 186 valence electrons. The van der Waals surface area contributed by atoms with Crippen LogP contribution >= 0.6 is 0 Å². The maximum atomic E-state index is 14.4. The van der Waals surface area contributed by atoms with Gasteiger partial charge >= 0.3 is 0 Å². The average molecular weight is 493 g/mol. The maximum absolute atomic E-state index is 14.4. The first-order valence-corrected chi connectivity index (χ1v) is 11.6. The average Bonchev–Trinajstić information content (AvgIpc) is 3.32. The van der Waals surface area contributed by atoms with Crippen LogP contribution < -0.4 is 5.73 Å². The molecule has 1 atom stereocenters. The second kappa shape index (κ2) is 10.2. The number of halogens is 2. The molecule has 11 heteroatoms. The standard InChI is InChI=1S/C25H26F2N8O/c1-4-7-15-12-18(22-16(26)8-6-9-17(22)27)32-33-23(15)25(3,5-2)19-10-11-29-24(31-19)35-14-30-21(34-35)13-20(28)36/h6,8-12,14H,4-5,7,13H2,1-3H3,(H2,28,36)/t25-/m0/s1. The van der Waals surface area contributed by atoms with E-state index in [1.54, 1.807) is 18.3 Å². The Balaban J connectivity index is 1.78. The van der Waals surface area contributed by atoms with Crippen molar-refractivity contribution in [2.45, 2.75) is 51.9 Å². The summed E-state index contributed by atoms with van der Waals surface area (Å²) in [6.07, 6.45) is 4.99. The van der Waals surface area contributed by atoms with Crippen LogP contribution in [0.1, 0.15) is 56.4 Å². The summed E-state index contributed by atoms with van der Waals surface area (Å²) in [4.78, 5) is 24.3. The number of benzene rings is 1. The summed E-state index contributed by atoms with van der Waals surface area (Å²) in [5.74, 6) is -1.39. The van der Waals surface area contributed by atoms with E-state index < -0.39 is 23.0 Å². The molecule has 0 radical (unpaired) electrons. The Hall–Kier alpha value is -4.15. The lowest BCUT2D eigenvalue weighted by atomic mass is 9.77. The molecule has 3 heterocycles. The van der Waals surface area contributed by atoms with E-state index >= 15 is 0 Å². The number of nitrogens with zero attached hydrogens (tertiary/aromatic N) is 7. The van der Waals surface area contributed by atoms with Gasteiger partial charge in [-0.05, 0) is 49.6 Å². The normalized spacial score (nSPS) is 12.9. The van der Waals surface area contributed by atoms with Crippen LogP contribution in [0.15, 0.2) is 42.9 Å². The smallest absolute Gasteiger partial charge is 0.252 e. The van der Waals surface area contributed by atoms with Crippen LogP contribution in [0.4, 0.5) is 8.78 Å². The second-order valence-electron chi connectivity index (χ2n) is 8.63. The third-order valence-corrected chi connectivity index (χ3v) is 6.13. The molecule has 4 aromatic rings. The molecule has 9 nitrogen and oxygen atoms in total. The Morgan fingerprint density at radius 3 is 2.53 bits per heavy atom. The highest BCUT2D eigenvalue weighted by atomic mass is 19.1. The number of aromatic nitrogens is 7. The third kappa shape index (κ3) is 4.81. The number of primary amides is 1. The SMILES string of the molecule is CCCc1cc(-c2c(F)cccc2F)nnc1[C@@](C)(CC)c1ccnc(-n2cnc(CC(N)=O)n2)n1. The molecule has 0 spiro atoms. The predicted octanol–water partition coefficient (Wildman–Crippen LogP) is 3.49. The molecule has 0 aliphatic carbocycles. The highest BCUT2D eigenvalue weighted by Gasteiger charge is 2.34. The van der Waals surface area contributed by atoms with Crippen LogP contribution in [0.25, 0.3) is 17.2 Å². The summed E-state index contributed by atoms with van der Waals surface area (Å²) in [6, 6.07) is 7.21. The van der Waals surface area contributed by atoms with Crippen molar-refractivity contribution in [2.75, 3.05) is 0 Å². The first-order valence-electron chi connectivity index (χ1n) is 11.6. The number of hydrogen-bond donors (Lipinski definition) is 1. The maximum Gasteiger partial charge on any atom is 0.252 e. The van der Waals surface area contributed by atoms with Crippen molar-refractivity contribution in [1.29, 1.82) is 0 Å². The van der Waals surface area contributed by atoms with Crippen LogP contribution in [0, 0.1) is 11.6 Å². The van der Waals surface area contributed by atoms with Crippen molar-refractivity contribution in [1.82, 2.24) is 34.9 Å². The van der Waals surface area contributed by atoms with Crippen LogP contribution in [0.2, 0.25) is 0 Å². The third-order valence-electron chi connectivity index (χ3n) is 6.13. The van der Waals surface area contributed by atoms with Gasteiger partial charge in [-0.2, -0.15) is 9.78 Å². The molecular weight excluding hydrogens is 466 g/mol. The molecule has 0 saturated carbocycles. The van der Waals surface area contributed by atoms with Gasteiger partial charge in [-0.1, -0.05) is 26.3 Å². The predicted molar refractivity (Wildman–Crippen MR) is 128 cm³/mol. The minimum Gasteiger partial charge on any atom is -0.369 e. The topological polar surface area (TPSA) is 125 Å². The number of aryl methyl sites for hydroxylation is 1. The van der Waals surface area contributed by atoms with E-state index in [0.29, 0.717) is 24.2 Å². The summed E-state index contributed by atoms with van der Waals surface area (Å²) in [5, 5.41) is 12.9. The van der Waals surface area contributed by atoms with Gasteiger partial charge < -0.3 is 5.73 Å². The molecule has 0 bridgehead atoms. The van der Waals surface area contributed by atoms with Gasteiger partial charge in [-0.15, -0.1) is 10.2 Å². The molecule has 0 aliphatic rings. The lowest BCUT2D eigenvalue weighted by Crippen LogP contribution is -2.28. The van der Waals surface area contributed by atoms with Crippen molar-refractivity contribution in [3.05, 3.63) is 77.3 Å². The minimum absolute atomic E-state index is 0.0930. The van der Waals surface area contributed by atoms with Gasteiger partial charge in [-0.3, -0.25) is 4.79 Å². The summed E-state index contributed by atoms with van der Waals surface area (Å²) in [7, 11) is 0. The Morgan fingerprint density at radius 2 is 1.86 bits per heavy atom. The molecule has 0 saturated heterocycles. The molecular formula is C25H26F2N8O. The zero-order valence-electron chi connectivity index (χ0n) is 20.2. The zero-order valence-corrected chi connectivity index (χ0v) is 20.2. The van der Waals surface area contributed by atoms with E-state index in [1.807, 2.05) is 20.8 Å². The van der Waals surface area contributed by atoms with Gasteiger partial charge in [0.1, 0.15) is 18.0 Å². The van der Waals surface area contributed by atoms with Gasteiger partial charge in [0, 0.05) is 6.20 Å². The number of carbonyl (C=O) groups excluding carboxylic acids is 1. The Bertz CT molecular complexity index is 1390. The summed E-state index contributed by atoms with van der Waals surface area (Å²) in [5.41, 5.74) is 6.65. The van der Waals surface area contributed by atoms with Gasteiger partial charge in [0.05, 0.1) is 34.5 Å². The molecule has 0 fully saturated rings. The zero-order chi connectivity index (χ0) is 25.9. The Labute approximate surface area is 206 Å². The van der Waals surface area contributed by atoms with E-state index in [9.17, 15) is 13.6 Å². The van der Waals surface area contributed by atoms with Crippen molar-refractivity contribution in [3.8, 4) is 17.2 Å². The van der Waals surface area contributed by atoms with Crippen LogP contribution in [-0.2, 0) is 23.1 Å². The van der Waals surface area contributed by atoms with Gasteiger partial charge in [-0.25, -0.2) is 23.7 Å². The molecule has 36 heavy (non-hydrogen) atoms. The Kier molecular flexibility index (Phi) is 7.09. The van der Waals surface area contributed by atoms with E-state index in [-0.39, 0.29) is 29.5 Å². The van der Waals surface area contributed by atoms with E-state index in [1.165, 1.54) is 29.2 Å². The number of nitrogens with two attached hydrogens (primary N) is 1. The fraction of sp³-hybridized carbons (Fsp3) is 0.320. The second-order valence-corrected chi connectivity index (χ2v) is 8.63. The molecule has 1 aromatic carbocycles. The molecule has 4 rings (SSSR count). The largest absolute Gasteiger partial charge is 0.369 e. The lowest BCUT2D eigenvalue weighted by Gasteiger charge is -2.29. The fourth-order valence-corrected chi connectivity index (χ4v) is 4.09. The quantitative estimate of drug-likeness (QED) is 0.379. The highest BCUT2D eigenvalue weighted by molar-refractivity contribution is 5.75. The summed E-state index contributed by atoms with van der Waals surface area (Å²) in [6.45, 7) is 6.02. The van der Waals surface area contributed by atoms with Crippen LogP contribution in [0.5, 0.6) is 0 Å². The summed E-state index contributed by atoms with van der Waals surface area (Å²) >= 11 is 0. The fourth-order valence-electron chi connectivity index (χ4n) is 4.09. The van der Waals surface area contributed by atoms with Crippen molar-refractivity contribution < 1.29 is 13.6 Å². The molecule has 1 amide bonds. The van der Waals surface area contributed by atoms with Crippen LogP contribution in [0.3, 0.4) is 0 Å². The summed E-state index contributed by atoms with van der Waals surface area (Å²) < 4.78 is 30.2. The van der Waals surface area contributed by atoms with E-state index in [0.717, 1.165) is 12.0 Å². The van der Waals surface area contributed by atoms with Crippen molar-refractivity contribution >= 4 is 5.91 Å². The lowest BCUT2D eigenvalue weighted by molar-refractivity contribution is -0.117.